The molecule has 118 valence electrons. The van der Waals surface area contributed by atoms with Crippen LogP contribution in [-0.2, 0) is 10.0 Å². The predicted molar refractivity (Wildman–Crippen MR) is 78.8 cm³/mol. The third kappa shape index (κ3) is 3.99. The summed E-state index contributed by atoms with van der Waals surface area (Å²) in [5, 5.41) is 2.79. The summed E-state index contributed by atoms with van der Waals surface area (Å²) in [6, 6.07) is 2.53. The molecule has 21 heavy (non-hydrogen) atoms. The van der Waals surface area contributed by atoms with Crippen molar-refractivity contribution in [2.75, 3.05) is 26.2 Å². The number of rotatable bonds is 6. The van der Waals surface area contributed by atoms with Gasteiger partial charge in [0.25, 0.3) is 10.0 Å². The van der Waals surface area contributed by atoms with Crippen molar-refractivity contribution in [2.45, 2.75) is 31.2 Å². The molecule has 1 saturated heterocycles. The van der Waals surface area contributed by atoms with Crippen molar-refractivity contribution in [2.24, 2.45) is 5.92 Å². The van der Waals surface area contributed by atoms with Gasteiger partial charge in [-0.05, 0) is 50.4 Å². The van der Waals surface area contributed by atoms with E-state index in [0.29, 0.717) is 25.4 Å². The van der Waals surface area contributed by atoms with Gasteiger partial charge in [0.1, 0.15) is 0 Å². The lowest BCUT2D eigenvalue weighted by Crippen LogP contribution is -2.40. The molecule has 0 aromatic carbocycles. The molecule has 5 nitrogen and oxygen atoms in total. The van der Waals surface area contributed by atoms with E-state index in [9.17, 15) is 12.8 Å². The van der Waals surface area contributed by atoms with E-state index in [1.807, 2.05) is 6.92 Å². The van der Waals surface area contributed by atoms with Crippen LogP contribution in [0.15, 0.2) is 23.4 Å². The Morgan fingerprint density at radius 2 is 2.14 bits per heavy atom. The highest BCUT2D eigenvalue weighted by Gasteiger charge is 2.30. The van der Waals surface area contributed by atoms with Crippen LogP contribution in [0.3, 0.4) is 0 Å². The van der Waals surface area contributed by atoms with Gasteiger partial charge >= 0.3 is 0 Å². The maximum absolute atomic E-state index is 13.8. The molecule has 1 N–H and O–H groups in total. The molecule has 0 saturated carbocycles. The molecule has 0 aliphatic carbocycles. The van der Waals surface area contributed by atoms with Crippen LogP contribution in [0.1, 0.15) is 26.2 Å². The van der Waals surface area contributed by atoms with E-state index in [4.69, 9.17) is 0 Å². The normalized spacial score (nSPS) is 17.3. The molecule has 1 fully saturated rings. The molecule has 0 atom stereocenters. The van der Waals surface area contributed by atoms with Crippen LogP contribution in [0.5, 0.6) is 0 Å². The third-order valence-corrected chi connectivity index (χ3v) is 5.50. The van der Waals surface area contributed by atoms with Gasteiger partial charge < -0.3 is 5.32 Å². The van der Waals surface area contributed by atoms with E-state index in [1.165, 1.54) is 16.6 Å². The monoisotopic (exact) mass is 315 g/mol. The van der Waals surface area contributed by atoms with Gasteiger partial charge in [-0.15, -0.1) is 0 Å². The average molecular weight is 315 g/mol. The van der Waals surface area contributed by atoms with Gasteiger partial charge in [-0.1, -0.05) is 6.92 Å². The second-order valence-electron chi connectivity index (χ2n) is 5.35. The van der Waals surface area contributed by atoms with Crippen LogP contribution in [0, 0.1) is 11.7 Å². The fourth-order valence-corrected chi connectivity index (χ4v) is 4.18. The number of nitrogens with one attached hydrogen (secondary N) is 1. The van der Waals surface area contributed by atoms with Gasteiger partial charge in [0.2, 0.25) is 5.03 Å². The predicted octanol–water partition coefficient (Wildman–Crippen LogP) is 1.62. The van der Waals surface area contributed by atoms with Crippen LogP contribution in [0.2, 0.25) is 0 Å². The molecule has 1 aliphatic heterocycles. The quantitative estimate of drug-likeness (QED) is 0.866. The minimum absolute atomic E-state index is 0.319. The number of hydrogen-bond acceptors (Lipinski definition) is 4. The molecule has 0 unspecified atom stereocenters. The number of aromatic nitrogens is 1. The van der Waals surface area contributed by atoms with E-state index in [0.717, 1.165) is 32.0 Å². The van der Waals surface area contributed by atoms with Crippen LogP contribution < -0.4 is 5.32 Å². The molecule has 2 heterocycles. The molecule has 7 heteroatoms. The highest BCUT2D eigenvalue weighted by Crippen LogP contribution is 2.21. The minimum atomic E-state index is -3.87. The summed E-state index contributed by atoms with van der Waals surface area (Å²) in [6.07, 6.45) is 3.89. The van der Waals surface area contributed by atoms with Gasteiger partial charge in [-0.3, -0.25) is 0 Å². The van der Waals surface area contributed by atoms with Crippen LogP contribution in [-0.4, -0.2) is 43.9 Å². The van der Waals surface area contributed by atoms with Crippen molar-refractivity contribution in [1.82, 2.24) is 14.6 Å². The molecule has 1 aliphatic rings. The lowest BCUT2D eigenvalue weighted by molar-refractivity contribution is 0.287. The van der Waals surface area contributed by atoms with Crippen molar-refractivity contribution in [1.29, 1.82) is 0 Å². The molecule has 0 amide bonds. The third-order valence-electron chi connectivity index (χ3n) is 3.70. The number of pyridine rings is 1. The second-order valence-corrected chi connectivity index (χ2v) is 7.20. The molecule has 0 spiro atoms. The maximum Gasteiger partial charge on any atom is 0.263 e. The Morgan fingerprint density at radius 1 is 1.43 bits per heavy atom. The van der Waals surface area contributed by atoms with Gasteiger partial charge in [0, 0.05) is 19.3 Å². The Bertz CT molecular complexity index is 559. The zero-order valence-corrected chi connectivity index (χ0v) is 13.1. The summed E-state index contributed by atoms with van der Waals surface area (Å²) in [6.45, 7) is 4.56. The van der Waals surface area contributed by atoms with Crippen molar-refractivity contribution < 1.29 is 12.8 Å². The lowest BCUT2D eigenvalue weighted by Gasteiger charge is -2.29. The fourth-order valence-electron chi connectivity index (χ4n) is 2.59. The van der Waals surface area contributed by atoms with Gasteiger partial charge in [-0.25, -0.2) is 17.8 Å². The molecule has 0 radical (unpaired) electrons. The Morgan fingerprint density at radius 3 is 2.76 bits per heavy atom. The molecular formula is C14H22FN3O2S. The van der Waals surface area contributed by atoms with Crippen LogP contribution in [0.25, 0.3) is 0 Å². The number of nitrogens with zero attached hydrogens (tertiary/aromatic N) is 2. The highest BCUT2D eigenvalue weighted by molar-refractivity contribution is 7.89. The zero-order chi connectivity index (χ0) is 15.3. The Balaban J connectivity index is 2.21. The topological polar surface area (TPSA) is 62.3 Å². The van der Waals surface area contributed by atoms with Gasteiger partial charge in [-0.2, -0.15) is 4.31 Å². The van der Waals surface area contributed by atoms with E-state index in [2.05, 4.69) is 10.3 Å². The Labute approximate surface area is 125 Å². The molecule has 1 aromatic heterocycles. The van der Waals surface area contributed by atoms with Crippen molar-refractivity contribution >= 4 is 10.0 Å². The van der Waals surface area contributed by atoms with E-state index in [-0.39, 0.29) is 0 Å². The standard InChI is InChI=1S/C14H22FN3O2S/c1-2-10-18(11-12-5-8-16-9-6-12)21(19,20)14-13(15)4-3-7-17-14/h3-4,7,12,16H,2,5-6,8-11H2,1H3. The molecule has 2 rings (SSSR count). The smallest absolute Gasteiger partial charge is 0.263 e. The van der Waals surface area contributed by atoms with Gasteiger partial charge in [0.15, 0.2) is 5.82 Å². The van der Waals surface area contributed by atoms with Gasteiger partial charge in [0.05, 0.1) is 0 Å². The summed E-state index contributed by atoms with van der Waals surface area (Å²) in [4.78, 5) is 3.73. The first-order chi connectivity index (χ1) is 10.1. The van der Waals surface area contributed by atoms with E-state index >= 15 is 0 Å². The molecular weight excluding hydrogens is 293 g/mol. The summed E-state index contributed by atoms with van der Waals surface area (Å²) in [7, 11) is -3.87. The summed E-state index contributed by atoms with van der Waals surface area (Å²) >= 11 is 0. The largest absolute Gasteiger partial charge is 0.317 e. The SMILES string of the molecule is CCCN(CC1CCNCC1)S(=O)(=O)c1ncccc1F. The van der Waals surface area contributed by atoms with Crippen molar-refractivity contribution in [3.8, 4) is 0 Å². The maximum atomic E-state index is 13.8. The first-order valence-electron chi connectivity index (χ1n) is 7.37. The first kappa shape index (κ1) is 16.3. The minimum Gasteiger partial charge on any atom is -0.317 e. The molecule has 0 bridgehead atoms. The number of piperidine rings is 1. The fraction of sp³-hybridized carbons (Fsp3) is 0.643. The van der Waals surface area contributed by atoms with E-state index in [1.54, 1.807) is 0 Å². The summed E-state index contributed by atoms with van der Waals surface area (Å²) < 4.78 is 40.4. The average Bonchev–Trinajstić information content (AvgIpc) is 2.48. The summed E-state index contributed by atoms with van der Waals surface area (Å²) in [5.41, 5.74) is 0. The van der Waals surface area contributed by atoms with Crippen molar-refractivity contribution in [3.05, 3.63) is 24.1 Å². The molecule has 1 aromatic rings. The second kappa shape index (κ2) is 7.29. The summed E-state index contributed by atoms with van der Waals surface area (Å²) in [5.74, 6) is -0.469. The number of hydrogen-bond donors (Lipinski definition) is 1. The van der Waals surface area contributed by atoms with Crippen LogP contribution >= 0.6 is 0 Å². The lowest BCUT2D eigenvalue weighted by atomic mass is 9.98. The van der Waals surface area contributed by atoms with Crippen LogP contribution in [0.4, 0.5) is 4.39 Å². The number of sulfonamides is 1. The highest BCUT2D eigenvalue weighted by atomic mass is 32.2. The van der Waals surface area contributed by atoms with E-state index < -0.39 is 20.9 Å². The zero-order valence-electron chi connectivity index (χ0n) is 12.3. The van der Waals surface area contributed by atoms with Crippen molar-refractivity contribution in [3.63, 3.8) is 0 Å². The number of halogens is 1. The Hall–Kier alpha value is -1.05. The Kier molecular flexibility index (Phi) is 5.66. The first-order valence-corrected chi connectivity index (χ1v) is 8.81.